The third-order valence-electron chi connectivity index (χ3n) is 5.24. The number of allylic oxidation sites excluding steroid dienone is 1. The molecule has 5 aromatic rings. The Labute approximate surface area is 141 Å². The van der Waals surface area contributed by atoms with E-state index >= 15 is 0 Å². The summed E-state index contributed by atoms with van der Waals surface area (Å²) in [6.45, 7) is 4.30. The van der Waals surface area contributed by atoms with Gasteiger partial charge in [0.15, 0.2) is 0 Å². The van der Waals surface area contributed by atoms with Crippen molar-refractivity contribution in [1.29, 1.82) is 0 Å². The van der Waals surface area contributed by atoms with Crippen LogP contribution in [0.2, 0.25) is 0 Å². The van der Waals surface area contributed by atoms with Crippen LogP contribution in [0, 0.1) is 6.92 Å². The highest BCUT2D eigenvalue weighted by Crippen LogP contribution is 2.42. The van der Waals surface area contributed by atoms with Crippen molar-refractivity contribution in [2.75, 3.05) is 0 Å². The molecule has 0 saturated carbocycles. The molecule has 0 radical (unpaired) electrons. The number of aryl methyl sites for hydroxylation is 1. The summed E-state index contributed by atoms with van der Waals surface area (Å²) in [6, 6.07) is 22.4. The molecule has 0 spiro atoms. The zero-order valence-electron chi connectivity index (χ0n) is 13.9. The standard InChI is InChI=1S/C24H18/c1-3-6-16-12-14-18-15(2)11-13-20-19-9-4-7-17-8-5-10-21(22(17)19)23(16)24(18)20/h3-14H,1-2H3. The van der Waals surface area contributed by atoms with Crippen LogP contribution in [0.25, 0.3) is 49.2 Å². The number of rotatable bonds is 1. The van der Waals surface area contributed by atoms with Gasteiger partial charge in [-0.25, -0.2) is 0 Å². The molecule has 0 atom stereocenters. The summed E-state index contributed by atoms with van der Waals surface area (Å²) in [5.74, 6) is 0. The second-order valence-electron chi connectivity index (χ2n) is 6.59. The van der Waals surface area contributed by atoms with Gasteiger partial charge in [0.25, 0.3) is 0 Å². The Morgan fingerprint density at radius 2 is 1.33 bits per heavy atom. The van der Waals surface area contributed by atoms with E-state index in [1.807, 2.05) is 0 Å². The van der Waals surface area contributed by atoms with Crippen molar-refractivity contribution in [3.63, 3.8) is 0 Å². The summed E-state index contributed by atoms with van der Waals surface area (Å²) in [7, 11) is 0. The first kappa shape index (κ1) is 13.6. The van der Waals surface area contributed by atoms with Crippen molar-refractivity contribution in [2.45, 2.75) is 13.8 Å². The van der Waals surface area contributed by atoms with Crippen LogP contribution < -0.4 is 0 Å². The number of fused-ring (bicyclic) bond motifs is 2. The lowest BCUT2D eigenvalue weighted by atomic mass is 9.86. The van der Waals surface area contributed by atoms with Crippen LogP contribution in [0.3, 0.4) is 0 Å². The predicted octanol–water partition coefficient (Wildman–Crippen LogP) is 7.08. The molecule has 0 heteroatoms. The molecule has 0 nitrogen and oxygen atoms in total. The first-order valence-corrected chi connectivity index (χ1v) is 8.51. The van der Waals surface area contributed by atoms with Gasteiger partial charge < -0.3 is 0 Å². The van der Waals surface area contributed by atoms with Crippen molar-refractivity contribution in [1.82, 2.24) is 0 Å². The van der Waals surface area contributed by atoms with Crippen molar-refractivity contribution in [3.05, 3.63) is 77.9 Å². The van der Waals surface area contributed by atoms with Crippen LogP contribution in [0.4, 0.5) is 0 Å². The molecule has 0 bridgehead atoms. The number of hydrogen-bond acceptors (Lipinski definition) is 0. The second kappa shape index (κ2) is 4.82. The first-order valence-electron chi connectivity index (χ1n) is 8.51. The molecule has 0 aliphatic rings. The lowest BCUT2D eigenvalue weighted by Gasteiger charge is -2.17. The minimum atomic E-state index is 1.30. The lowest BCUT2D eigenvalue weighted by molar-refractivity contribution is 1.55. The lowest BCUT2D eigenvalue weighted by Crippen LogP contribution is -1.90. The fourth-order valence-electron chi connectivity index (χ4n) is 4.22. The van der Waals surface area contributed by atoms with Crippen LogP contribution in [0.5, 0.6) is 0 Å². The topological polar surface area (TPSA) is 0 Å². The van der Waals surface area contributed by atoms with Crippen LogP contribution >= 0.6 is 0 Å². The quantitative estimate of drug-likeness (QED) is 0.229. The van der Waals surface area contributed by atoms with Gasteiger partial charge in [0, 0.05) is 0 Å². The van der Waals surface area contributed by atoms with E-state index in [2.05, 4.69) is 86.7 Å². The molecule has 0 aliphatic carbocycles. The Hall–Kier alpha value is -2.86. The zero-order chi connectivity index (χ0) is 16.3. The van der Waals surface area contributed by atoms with Crippen LogP contribution in [-0.4, -0.2) is 0 Å². The zero-order valence-corrected chi connectivity index (χ0v) is 13.9. The summed E-state index contributed by atoms with van der Waals surface area (Å²) in [5.41, 5.74) is 2.65. The summed E-state index contributed by atoms with van der Waals surface area (Å²) in [4.78, 5) is 0. The van der Waals surface area contributed by atoms with Crippen LogP contribution in [0.1, 0.15) is 18.1 Å². The number of hydrogen-bond donors (Lipinski definition) is 0. The van der Waals surface area contributed by atoms with Crippen molar-refractivity contribution in [3.8, 4) is 0 Å². The van der Waals surface area contributed by atoms with Gasteiger partial charge >= 0.3 is 0 Å². The molecule has 0 amide bonds. The van der Waals surface area contributed by atoms with E-state index in [1.165, 1.54) is 54.2 Å². The highest BCUT2D eigenvalue weighted by Gasteiger charge is 2.15. The van der Waals surface area contributed by atoms with E-state index in [0.717, 1.165) is 0 Å². The first-order chi connectivity index (χ1) is 11.8. The molecule has 0 saturated heterocycles. The Morgan fingerprint density at radius 1 is 0.625 bits per heavy atom. The fraction of sp³-hybridized carbons (Fsp3) is 0.0833. The molecule has 0 aliphatic heterocycles. The average molecular weight is 306 g/mol. The van der Waals surface area contributed by atoms with Gasteiger partial charge in [0.2, 0.25) is 0 Å². The number of benzene rings is 5. The molecule has 0 N–H and O–H groups in total. The largest absolute Gasteiger partial charge is 0.0870 e. The Bertz CT molecular complexity index is 1250. The van der Waals surface area contributed by atoms with Crippen molar-refractivity contribution in [2.24, 2.45) is 0 Å². The molecule has 0 unspecified atom stereocenters. The molecule has 0 heterocycles. The summed E-state index contributed by atoms with van der Waals surface area (Å²) < 4.78 is 0. The summed E-state index contributed by atoms with van der Waals surface area (Å²) in [6.07, 6.45) is 4.36. The van der Waals surface area contributed by atoms with Gasteiger partial charge in [-0.1, -0.05) is 72.8 Å². The molecule has 0 aromatic heterocycles. The maximum absolute atomic E-state index is 2.30. The molecule has 5 rings (SSSR count). The van der Waals surface area contributed by atoms with E-state index in [1.54, 1.807) is 0 Å². The van der Waals surface area contributed by atoms with Gasteiger partial charge in [-0.05, 0) is 68.1 Å². The van der Waals surface area contributed by atoms with Gasteiger partial charge in [0.1, 0.15) is 0 Å². The third kappa shape index (κ3) is 1.63. The molecule has 114 valence electrons. The van der Waals surface area contributed by atoms with E-state index < -0.39 is 0 Å². The third-order valence-corrected chi connectivity index (χ3v) is 5.24. The van der Waals surface area contributed by atoms with Gasteiger partial charge in [0.05, 0.1) is 0 Å². The average Bonchev–Trinajstić information content (AvgIpc) is 2.61. The molecule has 5 aromatic carbocycles. The van der Waals surface area contributed by atoms with Gasteiger partial charge in [-0.15, -0.1) is 0 Å². The van der Waals surface area contributed by atoms with Crippen LogP contribution in [-0.2, 0) is 0 Å². The van der Waals surface area contributed by atoms with E-state index in [-0.39, 0.29) is 0 Å². The Morgan fingerprint density at radius 3 is 2.12 bits per heavy atom. The SMILES string of the molecule is CC=Cc1ccc2c(C)ccc3c4cccc5cccc(c1c23)c54. The van der Waals surface area contributed by atoms with Gasteiger partial charge in [-0.2, -0.15) is 0 Å². The van der Waals surface area contributed by atoms with E-state index in [9.17, 15) is 0 Å². The molecular formula is C24H18. The second-order valence-corrected chi connectivity index (χ2v) is 6.59. The minimum absolute atomic E-state index is 1.30. The Balaban J connectivity index is 2.25. The Kier molecular flexibility index (Phi) is 2.72. The predicted molar refractivity (Wildman–Crippen MR) is 107 cm³/mol. The highest BCUT2D eigenvalue weighted by molar-refractivity contribution is 6.34. The summed E-state index contributed by atoms with van der Waals surface area (Å²) in [5, 5.41) is 10.9. The maximum atomic E-state index is 2.30. The minimum Gasteiger partial charge on any atom is -0.0870 e. The molecule has 24 heavy (non-hydrogen) atoms. The summed E-state index contributed by atoms with van der Waals surface area (Å²) >= 11 is 0. The smallest absolute Gasteiger partial charge is 0.00177 e. The highest BCUT2D eigenvalue weighted by atomic mass is 14.2. The maximum Gasteiger partial charge on any atom is -0.00177 e. The van der Waals surface area contributed by atoms with Crippen molar-refractivity contribution < 1.29 is 0 Å². The monoisotopic (exact) mass is 306 g/mol. The van der Waals surface area contributed by atoms with Crippen LogP contribution in [0.15, 0.2) is 66.7 Å². The normalized spacial score (nSPS) is 12.4. The van der Waals surface area contributed by atoms with E-state index in [4.69, 9.17) is 0 Å². The molecule has 0 fully saturated rings. The molecular weight excluding hydrogens is 288 g/mol. The fourth-order valence-corrected chi connectivity index (χ4v) is 4.22. The van der Waals surface area contributed by atoms with Crippen molar-refractivity contribution >= 4 is 49.2 Å². The van der Waals surface area contributed by atoms with E-state index in [0.29, 0.717) is 0 Å². The van der Waals surface area contributed by atoms with Gasteiger partial charge in [-0.3, -0.25) is 0 Å².